The second kappa shape index (κ2) is 6.57. The maximum atomic E-state index is 13.2. The van der Waals surface area contributed by atoms with Gasteiger partial charge in [-0.1, -0.05) is 16.8 Å². The minimum Gasteiger partial charge on any atom is -0.382 e. The summed E-state index contributed by atoms with van der Waals surface area (Å²) >= 11 is 5.72. The zero-order chi connectivity index (χ0) is 16.2. The molecule has 3 aromatic rings. The lowest BCUT2D eigenvalue weighted by atomic mass is 10.2. The Morgan fingerprint density at radius 2 is 2.26 bits per heavy atom. The zero-order valence-corrected chi connectivity index (χ0v) is 12.6. The number of aryl methyl sites for hydroxylation is 2. The number of aliphatic imine (C=N–C) groups is 1. The van der Waals surface area contributed by atoms with Crippen LogP contribution in [0.3, 0.4) is 0 Å². The molecule has 23 heavy (non-hydrogen) atoms. The minimum atomic E-state index is -0.520. The number of hydrogen-bond donors (Lipinski definition) is 1. The summed E-state index contributed by atoms with van der Waals surface area (Å²) in [6.07, 6.45) is 5.78. The lowest BCUT2D eigenvalue weighted by Crippen LogP contribution is -2.16. The van der Waals surface area contributed by atoms with E-state index in [9.17, 15) is 4.39 Å². The normalized spacial score (nSPS) is 11.8. The van der Waals surface area contributed by atoms with Gasteiger partial charge in [0.2, 0.25) is 0 Å². The van der Waals surface area contributed by atoms with Crippen molar-refractivity contribution in [1.82, 2.24) is 19.9 Å². The third kappa shape index (κ3) is 3.54. The Labute approximate surface area is 135 Å². The minimum absolute atomic E-state index is 0.0299. The summed E-state index contributed by atoms with van der Waals surface area (Å²) in [5.41, 5.74) is 7.28. The third-order valence-corrected chi connectivity index (χ3v) is 3.41. The molecule has 2 N–H and O–H groups in total. The lowest BCUT2D eigenvalue weighted by molar-refractivity contribution is 0.302. The van der Waals surface area contributed by atoms with E-state index in [0.717, 1.165) is 0 Å². The van der Waals surface area contributed by atoms with Crippen LogP contribution in [0.5, 0.6) is 0 Å². The Morgan fingerprint density at radius 1 is 1.39 bits per heavy atom. The standard InChI is InChI=1S/C14H12ClFN6O/c15-10-7-9(1-2-11(10)16)19-14(17)13-12(20-23-21-13)3-5-22-6-4-18-8-22/h1-2,4,6-8H,3,5H2,(H2,17,19). The maximum Gasteiger partial charge on any atom is 0.173 e. The van der Waals surface area contributed by atoms with Crippen molar-refractivity contribution in [3.05, 3.63) is 59.1 Å². The molecule has 3 rings (SSSR count). The molecule has 0 aliphatic heterocycles. The largest absolute Gasteiger partial charge is 0.382 e. The first-order valence-corrected chi connectivity index (χ1v) is 7.08. The summed E-state index contributed by atoms with van der Waals surface area (Å²) in [6, 6.07) is 4.06. The molecule has 0 amide bonds. The van der Waals surface area contributed by atoms with Crippen LogP contribution < -0.4 is 5.73 Å². The molecule has 0 atom stereocenters. The van der Waals surface area contributed by atoms with Crippen molar-refractivity contribution in [3.8, 4) is 0 Å². The predicted molar refractivity (Wildman–Crippen MR) is 82.0 cm³/mol. The van der Waals surface area contributed by atoms with Crippen LogP contribution in [0.1, 0.15) is 11.4 Å². The molecule has 0 unspecified atom stereocenters. The number of amidine groups is 1. The van der Waals surface area contributed by atoms with E-state index >= 15 is 0 Å². The second-order valence-corrected chi connectivity index (χ2v) is 5.11. The number of hydrogen-bond acceptors (Lipinski definition) is 5. The van der Waals surface area contributed by atoms with Crippen molar-refractivity contribution >= 4 is 23.1 Å². The van der Waals surface area contributed by atoms with E-state index in [1.54, 1.807) is 12.5 Å². The first kappa shape index (κ1) is 15.2. The second-order valence-electron chi connectivity index (χ2n) is 4.71. The highest BCUT2D eigenvalue weighted by molar-refractivity contribution is 6.31. The van der Waals surface area contributed by atoms with Crippen molar-refractivity contribution in [2.75, 3.05) is 0 Å². The molecule has 0 bridgehead atoms. The fourth-order valence-electron chi connectivity index (χ4n) is 1.97. The summed E-state index contributed by atoms with van der Waals surface area (Å²) in [7, 11) is 0. The van der Waals surface area contributed by atoms with Crippen molar-refractivity contribution in [2.24, 2.45) is 10.7 Å². The van der Waals surface area contributed by atoms with Gasteiger partial charge in [0.25, 0.3) is 0 Å². The van der Waals surface area contributed by atoms with E-state index in [-0.39, 0.29) is 10.9 Å². The Kier molecular flexibility index (Phi) is 4.33. The highest BCUT2D eigenvalue weighted by Crippen LogP contribution is 2.22. The van der Waals surface area contributed by atoms with Crippen LogP contribution >= 0.6 is 11.6 Å². The molecule has 0 aliphatic rings. The molecule has 9 heteroatoms. The van der Waals surface area contributed by atoms with Gasteiger partial charge in [-0.3, -0.25) is 0 Å². The van der Waals surface area contributed by atoms with E-state index in [1.807, 2.05) is 10.8 Å². The molecule has 0 saturated heterocycles. The Balaban J connectivity index is 1.79. The Hall–Kier alpha value is -2.74. The van der Waals surface area contributed by atoms with Crippen LogP contribution in [-0.2, 0) is 13.0 Å². The van der Waals surface area contributed by atoms with Gasteiger partial charge in [-0.2, -0.15) is 0 Å². The number of halogens is 2. The molecule has 0 saturated carbocycles. The predicted octanol–water partition coefficient (Wildman–Crippen LogP) is 2.34. The molecular formula is C14H12ClFN6O. The van der Waals surface area contributed by atoms with Crippen LogP contribution in [0.25, 0.3) is 0 Å². The lowest BCUT2D eigenvalue weighted by Gasteiger charge is -2.02. The average molecular weight is 335 g/mol. The van der Waals surface area contributed by atoms with E-state index in [0.29, 0.717) is 30.0 Å². The van der Waals surface area contributed by atoms with E-state index in [2.05, 4.69) is 20.3 Å². The quantitative estimate of drug-likeness (QED) is 0.570. The van der Waals surface area contributed by atoms with E-state index in [1.165, 1.54) is 18.2 Å². The van der Waals surface area contributed by atoms with Crippen molar-refractivity contribution in [1.29, 1.82) is 0 Å². The van der Waals surface area contributed by atoms with E-state index < -0.39 is 5.82 Å². The summed E-state index contributed by atoms with van der Waals surface area (Å²) in [5.74, 6) is -0.400. The number of nitrogens with two attached hydrogens (primary N) is 1. The SMILES string of the molecule is NC(=Nc1ccc(F)c(Cl)c1)c1nonc1CCn1ccnc1. The molecular weight excluding hydrogens is 323 g/mol. The van der Waals surface area contributed by atoms with Gasteiger partial charge in [-0.25, -0.2) is 19.0 Å². The Morgan fingerprint density at radius 3 is 3.00 bits per heavy atom. The van der Waals surface area contributed by atoms with Gasteiger partial charge in [-0.15, -0.1) is 0 Å². The molecule has 7 nitrogen and oxygen atoms in total. The van der Waals surface area contributed by atoms with Gasteiger partial charge in [0.15, 0.2) is 11.5 Å². The van der Waals surface area contributed by atoms with Crippen molar-refractivity contribution < 1.29 is 9.02 Å². The highest BCUT2D eigenvalue weighted by atomic mass is 35.5. The highest BCUT2D eigenvalue weighted by Gasteiger charge is 2.14. The van der Waals surface area contributed by atoms with Gasteiger partial charge in [-0.05, 0) is 23.4 Å². The topological polar surface area (TPSA) is 95.1 Å². The van der Waals surface area contributed by atoms with Gasteiger partial charge in [0.05, 0.1) is 17.0 Å². The van der Waals surface area contributed by atoms with Crippen molar-refractivity contribution in [2.45, 2.75) is 13.0 Å². The smallest absolute Gasteiger partial charge is 0.173 e. The van der Waals surface area contributed by atoms with Crippen LogP contribution in [0.15, 0.2) is 46.5 Å². The molecule has 0 aliphatic carbocycles. The molecule has 0 radical (unpaired) electrons. The number of aromatic nitrogens is 4. The van der Waals surface area contributed by atoms with Crippen LogP contribution in [0.4, 0.5) is 10.1 Å². The Bertz CT molecular complexity index is 830. The molecule has 118 valence electrons. The fourth-order valence-corrected chi connectivity index (χ4v) is 2.14. The average Bonchev–Trinajstić information content (AvgIpc) is 3.19. The van der Waals surface area contributed by atoms with Gasteiger partial charge in [0, 0.05) is 25.4 Å². The third-order valence-electron chi connectivity index (χ3n) is 3.12. The maximum absolute atomic E-state index is 13.2. The monoisotopic (exact) mass is 334 g/mol. The number of benzene rings is 1. The fraction of sp³-hybridized carbons (Fsp3) is 0.143. The first-order chi connectivity index (χ1) is 11.1. The molecule has 0 spiro atoms. The molecule has 0 fully saturated rings. The first-order valence-electron chi connectivity index (χ1n) is 6.70. The number of nitrogens with zero attached hydrogens (tertiary/aromatic N) is 5. The summed E-state index contributed by atoms with van der Waals surface area (Å²) < 4.78 is 19.8. The summed E-state index contributed by atoms with van der Waals surface area (Å²) in [4.78, 5) is 8.13. The van der Waals surface area contributed by atoms with Gasteiger partial charge < -0.3 is 10.3 Å². The van der Waals surface area contributed by atoms with Gasteiger partial charge in [0.1, 0.15) is 11.5 Å². The summed E-state index contributed by atoms with van der Waals surface area (Å²) in [6.45, 7) is 0.650. The van der Waals surface area contributed by atoms with E-state index in [4.69, 9.17) is 22.0 Å². The van der Waals surface area contributed by atoms with Crippen LogP contribution in [0.2, 0.25) is 5.02 Å². The molecule has 1 aromatic carbocycles. The van der Waals surface area contributed by atoms with Crippen LogP contribution in [-0.4, -0.2) is 25.7 Å². The summed E-state index contributed by atoms with van der Waals surface area (Å²) in [5, 5.41) is 7.59. The van der Waals surface area contributed by atoms with Crippen molar-refractivity contribution in [3.63, 3.8) is 0 Å². The molecule has 2 heterocycles. The zero-order valence-electron chi connectivity index (χ0n) is 11.9. The molecule has 2 aromatic heterocycles. The van der Waals surface area contributed by atoms with Crippen LogP contribution in [0, 0.1) is 5.82 Å². The van der Waals surface area contributed by atoms with Gasteiger partial charge >= 0.3 is 0 Å². The number of imidazole rings is 1. The number of rotatable bonds is 5.